The Morgan fingerprint density at radius 1 is 1.06 bits per heavy atom. The Labute approximate surface area is 115 Å². The monoisotopic (exact) mass is 279 g/mol. The van der Waals surface area contributed by atoms with Gasteiger partial charge in [0.2, 0.25) is 0 Å². The predicted molar refractivity (Wildman–Crippen MR) is 75.4 cm³/mol. The zero-order valence-electron chi connectivity index (χ0n) is 9.49. The third-order valence-electron chi connectivity index (χ3n) is 2.58. The van der Waals surface area contributed by atoms with Crippen molar-refractivity contribution in [2.75, 3.05) is 5.73 Å². The van der Waals surface area contributed by atoms with E-state index in [2.05, 4.69) is 0 Å². The van der Waals surface area contributed by atoms with Crippen LogP contribution in [0.2, 0.25) is 10.0 Å². The van der Waals surface area contributed by atoms with Gasteiger partial charge in [-0.2, -0.15) is 0 Å². The number of nitrogen functional groups attached to an aromatic ring is 1. The number of ketones is 1. The molecule has 2 rings (SSSR count). The van der Waals surface area contributed by atoms with E-state index in [1.165, 1.54) is 0 Å². The molecular weight excluding hydrogens is 269 g/mol. The van der Waals surface area contributed by atoms with Gasteiger partial charge in [-0.25, -0.2) is 0 Å². The Bertz CT molecular complexity index is 579. The van der Waals surface area contributed by atoms with Crippen molar-refractivity contribution in [3.8, 4) is 0 Å². The van der Waals surface area contributed by atoms with Gasteiger partial charge in [0.05, 0.1) is 5.02 Å². The lowest BCUT2D eigenvalue weighted by atomic mass is 10.0. The number of hydrogen-bond acceptors (Lipinski definition) is 2. The molecule has 0 saturated heterocycles. The molecule has 0 aliphatic heterocycles. The molecule has 0 atom stereocenters. The highest BCUT2D eigenvalue weighted by Gasteiger charge is 2.11. The van der Waals surface area contributed by atoms with Crippen molar-refractivity contribution in [3.63, 3.8) is 0 Å². The lowest BCUT2D eigenvalue weighted by Crippen LogP contribution is -2.04. The molecule has 18 heavy (non-hydrogen) atoms. The van der Waals surface area contributed by atoms with Gasteiger partial charge >= 0.3 is 0 Å². The fourth-order valence-corrected chi connectivity index (χ4v) is 2.15. The smallest absolute Gasteiger partial charge is 0.168 e. The van der Waals surface area contributed by atoms with Crippen molar-refractivity contribution in [2.24, 2.45) is 0 Å². The van der Waals surface area contributed by atoms with Gasteiger partial charge in [-0.05, 0) is 35.9 Å². The highest BCUT2D eigenvalue weighted by atomic mass is 35.5. The molecule has 2 aromatic carbocycles. The van der Waals surface area contributed by atoms with Crippen LogP contribution >= 0.6 is 23.2 Å². The van der Waals surface area contributed by atoms with E-state index in [0.717, 1.165) is 5.56 Å². The minimum atomic E-state index is -0.0403. The number of carbonyl (C=O) groups excluding carboxylic acids is 1. The number of anilines is 1. The van der Waals surface area contributed by atoms with E-state index in [-0.39, 0.29) is 5.78 Å². The summed E-state index contributed by atoms with van der Waals surface area (Å²) in [6.45, 7) is 0. The number of halogens is 2. The fraction of sp³-hybridized carbons (Fsp3) is 0.0714. The van der Waals surface area contributed by atoms with Gasteiger partial charge in [0.1, 0.15) is 0 Å². The molecule has 92 valence electrons. The lowest BCUT2D eigenvalue weighted by molar-refractivity contribution is 0.0993. The molecule has 0 aromatic heterocycles. The molecule has 2 aromatic rings. The van der Waals surface area contributed by atoms with Crippen molar-refractivity contribution in [2.45, 2.75) is 6.42 Å². The van der Waals surface area contributed by atoms with Crippen LogP contribution in [0.25, 0.3) is 0 Å². The first-order chi connectivity index (χ1) is 8.56. The van der Waals surface area contributed by atoms with Crippen molar-refractivity contribution in [3.05, 3.63) is 63.6 Å². The van der Waals surface area contributed by atoms with Crippen LogP contribution in [0.5, 0.6) is 0 Å². The van der Waals surface area contributed by atoms with Gasteiger partial charge in [-0.15, -0.1) is 0 Å². The molecule has 0 spiro atoms. The first-order valence-corrected chi connectivity index (χ1v) is 6.14. The van der Waals surface area contributed by atoms with Crippen molar-refractivity contribution in [1.82, 2.24) is 0 Å². The van der Waals surface area contributed by atoms with E-state index in [9.17, 15) is 4.79 Å². The van der Waals surface area contributed by atoms with Crippen molar-refractivity contribution >= 4 is 34.7 Å². The Hall–Kier alpha value is -1.51. The number of Topliss-reactive ketones (excluding diaryl/α,β-unsaturated/α-hetero) is 1. The topological polar surface area (TPSA) is 43.1 Å². The average Bonchev–Trinajstić information content (AvgIpc) is 2.32. The summed E-state index contributed by atoms with van der Waals surface area (Å²) < 4.78 is 0. The largest absolute Gasteiger partial charge is 0.399 e. The van der Waals surface area contributed by atoms with Crippen molar-refractivity contribution < 1.29 is 4.79 Å². The molecule has 0 saturated carbocycles. The third-order valence-corrected chi connectivity index (χ3v) is 3.12. The first-order valence-electron chi connectivity index (χ1n) is 5.39. The van der Waals surface area contributed by atoms with E-state index >= 15 is 0 Å². The SMILES string of the molecule is Nc1ccc(CC(=O)c2ccc(Cl)cc2Cl)cc1. The van der Waals surface area contributed by atoms with Crippen LogP contribution in [0.4, 0.5) is 5.69 Å². The summed E-state index contributed by atoms with van der Waals surface area (Å²) in [4.78, 5) is 12.1. The summed E-state index contributed by atoms with van der Waals surface area (Å²) >= 11 is 11.8. The summed E-state index contributed by atoms with van der Waals surface area (Å²) in [5.74, 6) is -0.0403. The van der Waals surface area contributed by atoms with Crippen molar-refractivity contribution in [1.29, 1.82) is 0 Å². The van der Waals surface area contributed by atoms with Gasteiger partial charge in [0.25, 0.3) is 0 Å². The van der Waals surface area contributed by atoms with Crippen LogP contribution in [0.3, 0.4) is 0 Å². The second kappa shape index (κ2) is 5.42. The van der Waals surface area contributed by atoms with E-state index in [1.54, 1.807) is 30.3 Å². The molecular formula is C14H11Cl2NO. The van der Waals surface area contributed by atoms with Gasteiger partial charge < -0.3 is 5.73 Å². The van der Waals surface area contributed by atoms with Gasteiger partial charge in [-0.3, -0.25) is 4.79 Å². The van der Waals surface area contributed by atoms with E-state index < -0.39 is 0 Å². The fourth-order valence-electron chi connectivity index (χ4n) is 1.63. The number of nitrogens with two attached hydrogens (primary N) is 1. The van der Waals surface area contributed by atoms with Gasteiger partial charge in [0, 0.05) is 22.7 Å². The molecule has 0 aliphatic carbocycles. The Balaban J connectivity index is 2.19. The summed E-state index contributed by atoms with van der Waals surface area (Å²) in [5.41, 5.74) is 7.65. The highest BCUT2D eigenvalue weighted by Crippen LogP contribution is 2.22. The molecule has 0 amide bonds. The van der Waals surface area contributed by atoms with E-state index in [4.69, 9.17) is 28.9 Å². The maximum Gasteiger partial charge on any atom is 0.168 e. The molecule has 0 heterocycles. The molecule has 2 nitrogen and oxygen atoms in total. The Morgan fingerprint density at radius 3 is 2.33 bits per heavy atom. The van der Waals surface area contributed by atoms with Crippen LogP contribution in [0, 0.1) is 0 Å². The number of rotatable bonds is 3. The van der Waals surface area contributed by atoms with Crippen LogP contribution in [0.15, 0.2) is 42.5 Å². The van der Waals surface area contributed by atoms with Crippen LogP contribution < -0.4 is 5.73 Å². The maximum atomic E-state index is 12.1. The molecule has 2 N–H and O–H groups in total. The van der Waals surface area contributed by atoms with Crippen LogP contribution in [0.1, 0.15) is 15.9 Å². The number of hydrogen-bond donors (Lipinski definition) is 1. The normalized spacial score (nSPS) is 10.3. The minimum Gasteiger partial charge on any atom is -0.399 e. The minimum absolute atomic E-state index is 0.0403. The van der Waals surface area contributed by atoms with Crippen LogP contribution in [-0.4, -0.2) is 5.78 Å². The first kappa shape index (κ1) is 12.9. The summed E-state index contributed by atoms with van der Waals surface area (Å²) in [6.07, 6.45) is 0.293. The van der Waals surface area contributed by atoms with Crippen LogP contribution in [-0.2, 0) is 6.42 Å². The molecule has 0 fully saturated rings. The molecule has 0 radical (unpaired) electrons. The molecule has 0 bridgehead atoms. The Kier molecular flexibility index (Phi) is 3.90. The second-order valence-corrected chi connectivity index (χ2v) is 4.81. The average molecular weight is 280 g/mol. The lowest BCUT2D eigenvalue weighted by Gasteiger charge is -2.04. The second-order valence-electron chi connectivity index (χ2n) is 3.97. The standard InChI is InChI=1S/C14H11Cl2NO/c15-10-3-6-12(13(16)8-10)14(18)7-9-1-4-11(17)5-2-9/h1-6,8H,7,17H2. The molecule has 0 aliphatic rings. The summed E-state index contributed by atoms with van der Waals surface area (Å²) in [5, 5.41) is 0.895. The number of benzene rings is 2. The zero-order chi connectivity index (χ0) is 13.1. The highest BCUT2D eigenvalue weighted by molar-refractivity contribution is 6.36. The predicted octanol–water partition coefficient (Wildman–Crippen LogP) is 4.00. The van der Waals surface area contributed by atoms with E-state index in [0.29, 0.717) is 27.7 Å². The number of carbonyl (C=O) groups is 1. The van der Waals surface area contributed by atoms with E-state index in [1.807, 2.05) is 12.1 Å². The maximum absolute atomic E-state index is 12.1. The molecule has 4 heteroatoms. The quantitative estimate of drug-likeness (QED) is 0.682. The van der Waals surface area contributed by atoms with Gasteiger partial charge in [0.15, 0.2) is 5.78 Å². The zero-order valence-corrected chi connectivity index (χ0v) is 11.0. The summed E-state index contributed by atoms with van der Waals surface area (Å²) in [7, 11) is 0. The van der Waals surface area contributed by atoms with Gasteiger partial charge in [-0.1, -0.05) is 35.3 Å². The molecule has 0 unspecified atom stereocenters. The Morgan fingerprint density at radius 2 is 1.72 bits per heavy atom. The third kappa shape index (κ3) is 3.03. The summed E-state index contributed by atoms with van der Waals surface area (Å²) in [6, 6.07) is 12.1.